The average molecular weight is 559 g/mol. The maximum absolute atomic E-state index is 13.2. The predicted molar refractivity (Wildman–Crippen MR) is 149 cm³/mol. The van der Waals surface area contributed by atoms with Crippen LogP contribution in [0.15, 0.2) is 48.8 Å². The Morgan fingerprint density at radius 3 is 2.42 bits per heavy atom. The molecule has 0 spiro atoms. The lowest BCUT2D eigenvalue weighted by Gasteiger charge is -2.34. The molecular formula is C27H33F3N8O2. The number of alkyl halides is 3. The molecule has 1 fully saturated rings. The molecule has 0 bridgehead atoms. The van der Waals surface area contributed by atoms with E-state index in [0.29, 0.717) is 30.2 Å². The molecular weight excluding hydrogens is 525 g/mol. The quantitative estimate of drug-likeness (QED) is 0.298. The van der Waals surface area contributed by atoms with Gasteiger partial charge in [-0.15, -0.1) is 13.2 Å². The van der Waals surface area contributed by atoms with Crippen molar-refractivity contribution >= 4 is 28.7 Å². The lowest BCUT2D eigenvalue weighted by Crippen LogP contribution is -2.44. The molecule has 13 heteroatoms. The zero-order valence-corrected chi connectivity index (χ0v) is 22.8. The number of rotatable bonds is 7. The molecule has 0 saturated carbocycles. The molecule has 1 aliphatic heterocycles. The van der Waals surface area contributed by atoms with E-state index in [4.69, 9.17) is 11.6 Å². The van der Waals surface area contributed by atoms with Gasteiger partial charge in [0.25, 0.3) is 5.91 Å². The fraction of sp³-hybridized carbons (Fsp3) is 0.333. The number of hydrazine groups is 1. The number of hydrogen-bond donors (Lipinski definition) is 3. The van der Waals surface area contributed by atoms with E-state index in [1.54, 1.807) is 42.2 Å². The first-order chi connectivity index (χ1) is 18.8. The minimum absolute atomic E-state index is 0.170. The van der Waals surface area contributed by atoms with Crippen LogP contribution in [0.4, 0.5) is 30.2 Å². The molecule has 2 aromatic carbocycles. The van der Waals surface area contributed by atoms with Crippen LogP contribution in [0.1, 0.15) is 27.2 Å². The fourth-order valence-corrected chi connectivity index (χ4v) is 4.40. The van der Waals surface area contributed by atoms with E-state index in [1.165, 1.54) is 17.3 Å². The van der Waals surface area contributed by atoms with E-state index < -0.39 is 18.0 Å². The number of anilines is 3. The molecule has 2 heterocycles. The number of amides is 1. The molecule has 1 aromatic heterocycles. The van der Waals surface area contributed by atoms with E-state index in [0.717, 1.165) is 36.0 Å². The van der Waals surface area contributed by atoms with Gasteiger partial charge in [-0.2, -0.15) is 5.10 Å². The van der Waals surface area contributed by atoms with Crippen molar-refractivity contribution in [3.63, 3.8) is 0 Å². The zero-order valence-electron chi connectivity index (χ0n) is 22.8. The maximum atomic E-state index is 13.2. The highest BCUT2D eigenvalue weighted by Gasteiger charge is 2.32. The number of aryl methyl sites for hydroxylation is 2. The molecule has 0 aliphatic carbocycles. The Morgan fingerprint density at radius 2 is 1.80 bits per heavy atom. The van der Waals surface area contributed by atoms with Gasteiger partial charge in [-0.25, -0.2) is 5.84 Å². The van der Waals surface area contributed by atoms with Crippen molar-refractivity contribution in [1.29, 1.82) is 0 Å². The minimum atomic E-state index is -4.87. The van der Waals surface area contributed by atoms with Crippen molar-refractivity contribution in [3.8, 4) is 5.75 Å². The summed E-state index contributed by atoms with van der Waals surface area (Å²) in [6, 6.07) is 9.03. The van der Waals surface area contributed by atoms with Crippen LogP contribution >= 0.6 is 0 Å². The van der Waals surface area contributed by atoms with Crippen molar-refractivity contribution in [1.82, 2.24) is 14.7 Å². The van der Waals surface area contributed by atoms with Gasteiger partial charge in [0, 0.05) is 79.8 Å². The summed E-state index contributed by atoms with van der Waals surface area (Å²) in [5, 5.41) is 8.20. The van der Waals surface area contributed by atoms with E-state index in [1.807, 2.05) is 25.8 Å². The number of hydrogen-bond acceptors (Lipinski definition) is 8. The van der Waals surface area contributed by atoms with Crippen molar-refractivity contribution < 1.29 is 22.7 Å². The number of nitrogens with two attached hydrogens (primary N) is 2. The summed E-state index contributed by atoms with van der Waals surface area (Å²) in [5.41, 5.74) is 10.5. The van der Waals surface area contributed by atoms with Gasteiger partial charge in [0.2, 0.25) is 0 Å². The van der Waals surface area contributed by atoms with E-state index in [2.05, 4.69) is 20.1 Å². The largest absolute Gasteiger partial charge is 0.573 e. The van der Waals surface area contributed by atoms with E-state index in [-0.39, 0.29) is 11.3 Å². The summed E-state index contributed by atoms with van der Waals surface area (Å²) in [4.78, 5) is 17.3. The smallest absolute Gasteiger partial charge is 0.406 e. The second-order valence-electron chi connectivity index (χ2n) is 9.77. The molecule has 40 heavy (non-hydrogen) atoms. The van der Waals surface area contributed by atoms with Crippen LogP contribution in [0.3, 0.4) is 0 Å². The van der Waals surface area contributed by atoms with Gasteiger partial charge in [-0.3, -0.25) is 14.5 Å². The summed E-state index contributed by atoms with van der Waals surface area (Å²) in [5.74, 6) is 5.35. The summed E-state index contributed by atoms with van der Waals surface area (Å²) in [6.45, 7) is 6.48. The number of nitrogens with one attached hydrogen (secondary N) is 1. The van der Waals surface area contributed by atoms with E-state index in [9.17, 15) is 18.0 Å². The van der Waals surface area contributed by atoms with Crippen molar-refractivity contribution in [2.45, 2.75) is 20.2 Å². The molecule has 0 radical (unpaired) electrons. The van der Waals surface area contributed by atoms with Crippen LogP contribution in [-0.4, -0.2) is 60.2 Å². The number of ether oxygens (including phenoxy) is 1. The zero-order chi connectivity index (χ0) is 29.2. The third-order valence-electron chi connectivity index (χ3n) is 6.83. The van der Waals surface area contributed by atoms with Crippen molar-refractivity contribution in [2.75, 3.05) is 48.5 Å². The molecule has 10 nitrogen and oxygen atoms in total. The first kappa shape index (κ1) is 28.8. The number of carbonyl (C=O) groups is 1. The van der Waals surface area contributed by atoms with Gasteiger partial charge in [-0.1, -0.05) is 6.07 Å². The van der Waals surface area contributed by atoms with Gasteiger partial charge in [0.15, 0.2) is 0 Å². The molecule has 214 valence electrons. The second-order valence-corrected chi connectivity index (χ2v) is 9.77. The summed E-state index contributed by atoms with van der Waals surface area (Å²) in [7, 11) is 3.78. The Hall–Kier alpha value is -4.23. The first-order valence-corrected chi connectivity index (χ1v) is 12.6. The first-order valence-electron chi connectivity index (χ1n) is 12.6. The standard InChI is InChI=1S/C27H33F3N8O2/c1-17-5-6-19(11-25(17)38(32)16-24(31)23-15-33-36(4)18(23)2)26(39)34-20-12-21(37-9-7-35(3)8-10-37)14-22(13-20)40-27(28,29)30/h5-6,11-16H,7-10,31-32H2,1-4H3,(H,34,39)/b24-16-. The normalized spacial score (nSPS) is 14.8. The number of benzene rings is 2. The number of nitrogens with zero attached hydrogens (tertiary/aromatic N) is 5. The van der Waals surface area contributed by atoms with Crippen molar-refractivity contribution in [3.05, 3.63) is 71.2 Å². The van der Waals surface area contributed by atoms with Crippen LogP contribution in [0, 0.1) is 13.8 Å². The molecule has 0 unspecified atom stereocenters. The summed E-state index contributed by atoms with van der Waals surface area (Å²) < 4.78 is 45.0. The van der Waals surface area contributed by atoms with Crippen LogP contribution < -0.4 is 31.5 Å². The molecule has 3 aromatic rings. The number of likely N-dealkylation sites (N-methyl/N-ethyl adjacent to an activating group) is 1. The van der Waals surface area contributed by atoms with E-state index >= 15 is 0 Å². The van der Waals surface area contributed by atoms with Crippen LogP contribution in [0.5, 0.6) is 5.75 Å². The SMILES string of the molecule is Cc1ccc(C(=O)Nc2cc(OC(F)(F)F)cc(N3CCN(C)CC3)c2)cc1N(N)/C=C(\N)c1cnn(C)c1C. The maximum Gasteiger partial charge on any atom is 0.573 e. The minimum Gasteiger partial charge on any atom is -0.406 e. The Kier molecular flexibility index (Phi) is 8.26. The Labute approximate surface area is 230 Å². The Bertz CT molecular complexity index is 1410. The van der Waals surface area contributed by atoms with Crippen LogP contribution in [-0.2, 0) is 7.05 Å². The number of aromatic nitrogens is 2. The molecule has 1 amide bonds. The molecule has 4 rings (SSSR count). The predicted octanol–water partition coefficient (Wildman–Crippen LogP) is 3.58. The number of halogens is 3. The van der Waals surface area contributed by atoms with Gasteiger partial charge in [-0.05, 0) is 44.7 Å². The molecule has 0 atom stereocenters. The number of carbonyl (C=O) groups excluding carboxylic acids is 1. The summed E-state index contributed by atoms with van der Waals surface area (Å²) in [6.07, 6.45) is -1.70. The van der Waals surface area contributed by atoms with Gasteiger partial charge in [0.1, 0.15) is 5.75 Å². The highest BCUT2D eigenvalue weighted by Crippen LogP contribution is 2.32. The highest BCUT2D eigenvalue weighted by molar-refractivity contribution is 6.05. The second kappa shape index (κ2) is 11.5. The Morgan fingerprint density at radius 1 is 1.10 bits per heavy atom. The van der Waals surface area contributed by atoms with Crippen LogP contribution in [0.2, 0.25) is 0 Å². The average Bonchev–Trinajstić information content (AvgIpc) is 3.21. The lowest BCUT2D eigenvalue weighted by atomic mass is 10.1. The van der Waals surface area contributed by atoms with Crippen molar-refractivity contribution in [2.24, 2.45) is 18.6 Å². The topological polar surface area (TPSA) is 118 Å². The molecule has 1 saturated heterocycles. The Balaban J connectivity index is 1.58. The number of piperazine rings is 1. The van der Waals surface area contributed by atoms with Crippen LogP contribution in [0.25, 0.3) is 5.70 Å². The molecule has 1 aliphatic rings. The third kappa shape index (κ3) is 6.85. The fourth-order valence-electron chi connectivity index (χ4n) is 4.40. The van der Waals surface area contributed by atoms with Gasteiger partial charge >= 0.3 is 6.36 Å². The van der Waals surface area contributed by atoms with Gasteiger partial charge in [0.05, 0.1) is 17.6 Å². The lowest BCUT2D eigenvalue weighted by molar-refractivity contribution is -0.274. The highest BCUT2D eigenvalue weighted by atomic mass is 19.4. The molecule has 5 N–H and O–H groups in total. The monoisotopic (exact) mass is 558 g/mol. The van der Waals surface area contributed by atoms with Gasteiger partial charge < -0.3 is 25.6 Å². The summed E-state index contributed by atoms with van der Waals surface area (Å²) >= 11 is 0. The third-order valence-corrected chi connectivity index (χ3v) is 6.83.